The van der Waals surface area contributed by atoms with E-state index in [4.69, 9.17) is 20.3 Å². The van der Waals surface area contributed by atoms with Crippen molar-refractivity contribution in [3.8, 4) is 11.5 Å². The number of nitrogens with two attached hydrogens (primary N) is 1. The maximum Gasteiger partial charge on any atom is 0.162 e. The maximum atomic E-state index is 11.9. The Hall–Kier alpha value is -3.02. The fourth-order valence-corrected chi connectivity index (χ4v) is 4.74. The molecule has 1 aliphatic heterocycles. The zero-order valence-corrected chi connectivity index (χ0v) is 19.0. The van der Waals surface area contributed by atoms with E-state index in [2.05, 4.69) is 13.0 Å². The Labute approximate surface area is 190 Å². The monoisotopic (exact) mass is 435 g/mol. The minimum Gasteiger partial charge on any atom is -0.493 e. The topological polar surface area (TPSA) is 77.2 Å². The van der Waals surface area contributed by atoms with Crippen LogP contribution in [0.4, 0.5) is 5.69 Å². The van der Waals surface area contributed by atoms with Gasteiger partial charge in [0.25, 0.3) is 0 Å². The van der Waals surface area contributed by atoms with Crippen LogP contribution in [0.3, 0.4) is 0 Å². The summed E-state index contributed by atoms with van der Waals surface area (Å²) < 4.78 is 11.9. The van der Waals surface area contributed by atoms with Crippen LogP contribution >= 0.6 is 0 Å². The van der Waals surface area contributed by atoms with E-state index in [1.807, 2.05) is 41.4 Å². The van der Waals surface area contributed by atoms with Crippen LogP contribution in [-0.2, 0) is 11.3 Å². The summed E-state index contributed by atoms with van der Waals surface area (Å²) >= 11 is 0. The Morgan fingerprint density at radius 2 is 1.97 bits per heavy atom. The lowest BCUT2D eigenvalue weighted by atomic mass is 9.87. The van der Waals surface area contributed by atoms with Crippen LogP contribution in [0.15, 0.2) is 47.6 Å². The molecule has 0 bridgehead atoms. The number of nitrogens with zero attached hydrogens (tertiary/aromatic N) is 2. The highest BCUT2D eigenvalue weighted by molar-refractivity contribution is 6.03. The maximum absolute atomic E-state index is 11.9. The molecule has 1 fully saturated rings. The number of anilines is 1. The molecule has 2 aromatic rings. The minimum atomic E-state index is -0.252. The number of hydrogen-bond donors (Lipinski definition) is 1. The molecule has 2 N–H and O–H groups in total. The van der Waals surface area contributed by atoms with Crippen LogP contribution in [0.5, 0.6) is 11.5 Å². The molecule has 0 saturated heterocycles. The molecular weight excluding hydrogens is 402 g/mol. The molecule has 0 aromatic heterocycles. The van der Waals surface area contributed by atoms with Gasteiger partial charge in [-0.15, -0.1) is 0 Å². The molecule has 1 aliphatic carbocycles. The standard InChI is InChI=1S/C26H33N3O3/c1-3-19-14-22(17-30)29(16-18-7-6-8-21(27)13-18)28-26(19)20-11-12-24(31-2)25(15-20)32-23-9-4-5-10-23/h6-8,11-13,15,17,19,22-23H,3-5,9-10,14,16,27H2,1-2H3. The molecule has 2 unspecified atom stereocenters. The Morgan fingerprint density at radius 1 is 1.16 bits per heavy atom. The zero-order chi connectivity index (χ0) is 22.5. The number of carbonyl (C=O) groups excluding carboxylic acids is 1. The highest BCUT2D eigenvalue weighted by Crippen LogP contribution is 2.35. The first-order chi connectivity index (χ1) is 15.6. The van der Waals surface area contributed by atoms with E-state index >= 15 is 0 Å². The van der Waals surface area contributed by atoms with Gasteiger partial charge in [0.15, 0.2) is 11.5 Å². The average Bonchev–Trinajstić information content (AvgIpc) is 3.32. The van der Waals surface area contributed by atoms with Crippen molar-refractivity contribution in [3.05, 3.63) is 53.6 Å². The number of hydrogen-bond acceptors (Lipinski definition) is 6. The summed E-state index contributed by atoms with van der Waals surface area (Å²) in [6.07, 6.45) is 7.51. The van der Waals surface area contributed by atoms with Gasteiger partial charge in [-0.2, -0.15) is 5.10 Å². The first-order valence-corrected chi connectivity index (χ1v) is 11.6. The second kappa shape index (κ2) is 10.1. The van der Waals surface area contributed by atoms with Gasteiger partial charge >= 0.3 is 0 Å². The van der Waals surface area contributed by atoms with Crippen molar-refractivity contribution in [2.24, 2.45) is 11.0 Å². The fourth-order valence-electron chi connectivity index (χ4n) is 4.74. The zero-order valence-electron chi connectivity index (χ0n) is 19.0. The summed E-state index contributed by atoms with van der Waals surface area (Å²) in [5.41, 5.74) is 9.72. The third-order valence-corrected chi connectivity index (χ3v) is 6.53. The molecule has 0 radical (unpaired) electrons. The summed E-state index contributed by atoms with van der Waals surface area (Å²) in [5.74, 6) is 1.72. The summed E-state index contributed by atoms with van der Waals surface area (Å²) in [6, 6.07) is 13.5. The lowest BCUT2D eigenvalue weighted by Gasteiger charge is -2.35. The lowest BCUT2D eigenvalue weighted by Crippen LogP contribution is -2.41. The molecular formula is C26H33N3O3. The minimum absolute atomic E-state index is 0.204. The molecule has 6 heteroatoms. The molecule has 2 atom stereocenters. The summed E-state index contributed by atoms with van der Waals surface area (Å²) in [7, 11) is 1.67. The van der Waals surface area contributed by atoms with E-state index in [0.29, 0.717) is 12.2 Å². The second-order valence-corrected chi connectivity index (χ2v) is 8.76. The number of ether oxygens (including phenoxy) is 2. The number of rotatable bonds is 8. The van der Waals surface area contributed by atoms with E-state index in [0.717, 1.165) is 60.3 Å². The molecule has 1 saturated carbocycles. The van der Waals surface area contributed by atoms with Crippen molar-refractivity contribution in [2.75, 3.05) is 12.8 Å². The number of aldehydes is 1. The molecule has 170 valence electrons. The summed E-state index contributed by atoms with van der Waals surface area (Å²) in [4.78, 5) is 11.9. The average molecular weight is 436 g/mol. The smallest absolute Gasteiger partial charge is 0.162 e. The molecule has 32 heavy (non-hydrogen) atoms. The SMILES string of the molecule is CCC1CC(C=O)N(Cc2cccc(N)c2)N=C1c1ccc(OC)c(OC2CCCC2)c1. The predicted octanol–water partition coefficient (Wildman–Crippen LogP) is 4.80. The van der Waals surface area contributed by atoms with Crippen molar-refractivity contribution in [2.45, 2.75) is 64.1 Å². The van der Waals surface area contributed by atoms with Crippen LogP contribution < -0.4 is 15.2 Å². The van der Waals surface area contributed by atoms with Crippen molar-refractivity contribution >= 4 is 17.7 Å². The summed E-state index contributed by atoms with van der Waals surface area (Å²) in [5, 5.41) is 6.89. The first-order valence-electron chi connectivity index (χ1n) is 11.6. The molecule has 6 nitrogen and oxygen atoms in total. The Balaban J connectivity index is 1.67. The van der Waals surface area contributed by atoms with Crippen molar-refractivity contribution < 1.29 is 14.3 Å². The normalized spacial score (nSPS) is 21.3. The Bertz CT molecular complexity index is 969. The molecule has 0 spiro atoms. The van der Waals surface area contributed by atoms with Crippen LogP contribution in [0.1, 0.15) is 56.6 Å². The number of benzene rings is 2. The quantitative estimate of drug-likeness (QED) is 0.476. The molecule has 4 rings (SSSR count). The summed E-state index contributed by atoms with van der Waals surface area (Å²) in [6.45, 7) is 2.69. The third kappa shape index (κ3) is 4.90. The molecule has 2 aromatic carbocycles. The number of methoxy groups -OCH3 is 1. The van der Waals surface area contributed by atoms with Gasteiger partial charge in [0.2, 0.25) is 0 Å². The van der Waals surface area contributed by atoms with Crippen molar-refractivity contribution in [1.82, 2.24) is 5.01 Å². The van der Waals surface area contributed by atoms with Gasteiger partial charge in [0.05, 0.1) is 25.5 Å². The van der Waals surface area contributed by atoms with Gasteiger partial charge in [0.1, 0.15) is 12.3 Å². The number of hydrazone groups is 1. The van der Waals surface area contributed by atoms with E-state index in [1.165, 1.54) is 12.8 Å². The van der Waals surface area contributed by atoms with Gasteiger partial charge in [-0.05, 0) is 74.4 Å². The highest BCUT2D eigenvalue weighted by atomic mass is 16.5. The first kappa shape index (κ1) is 22.2. The molecule has 0 amide bonds. The van der Waals surface area contributed by atoms with Gasteiger partial charge in [-0.3, -0.25) is 5.01 Å². The number of carbonyl (C=O) groups is 1. The van der Waals surface area contributed by atoms with E-state index < -0.39 is 0 Å². The largest absolute Gasteiger partial charge is 0.493 e. The van der Waals surface area contributed by atoms with Gasteiger partial charge in [-0.25, -0.2) is 0 Å². The van der Waals surface area contributed by atoms with Crippen LogP contribution in [0, 0.1) is 5.92 Å². The van der Waals surface area contributed by atoms with E-state index in [9.17, 15) is 4.79 Å². The van der Waals surface area contributed by atoms with E-state index in [1.54, 1.807) is 7.11 Å². The van der Waals surface area contributed by atoms with Crippen molar-refractivity contribution in [3.63, 3.8) is 0 Å². The van der Waals surface area contributed by atoms with Crippen LogP contribution in [-0.4, -0.2) is 36.3 Å². The van der Waals surface area contributed by atoms with Gasteiger partial charge in [-0.1, -0.05) is 19.1 Å². The molecule has 1 heterocycles. The second-order valence-electron chi connectivity index (χ2n) is 8.76. The third-order valence-electron chi connectivity index (χ3n) is 6.53. The Morgan fingerprint density at radius 3 is 2.66 bits per heavy atom. The number of nitrogen functional groups attached to an aromatic ring is 1. The van der Waals surface area contributed by atoms with Crippen LogP contribution in [0.2, 0.25) is 0 Å². The fraction of sp³-hybridized carbons (Fsp3) is 0.462. The van der Waals surface area contributed by atoms with Crippen LogP contribution in [0.25, 0.3) is 0 Å². The van der Waals surface area contributed by atoms with Gasteiger partial charge in [0, 0.05) is 17.2 Å². The highest BCUT2D eigenvalue weighted by Gasteiger charge is 2.31. The lowest BCUT2D eigenvalue weighted by molar-refractivity contribution is -0.113. The van der Waals surface area contributed by atoms with Gasteiger partial charge < -0.3 is 20.0 Å². The predicted molar refractivity (Wildman–Crippen MR) is 127 cm³/mol. The van der Waals surface area contributed by atoms with Crippen molar-refractivity contribution in [1.29, 1.82) is 0 Å². The molecule has 2 aliphatic rings. The van der Waals surface area contributed by atoms with E-state index in [-0.39, 0.29) is 18.1 Å². The Kier molecular flexibility index (Phi) is 6.98.